The Morgan fingerprint density at radius 2 is 1.92 bits per heavy atom. The first kappa shape index (κ1) is 25.3. The molecule has 10 heteroatoms. The Kier molecular flexibility index (Phi) is 7.48. The molecule has 1 aliphatic rings. The number of imidazole rings is 1. The van der Waals surface area contributed by atoms with Gasteiger partial charge in [0.25, 0.3) is 0 Å². The third-order valence-electron chi connectivity index (χ3n) is 6.81. The van der Waals surface area contributed by atoms with Crippen molar-refractivity contribution in [2.75, 3.05) is 39.5 Å². The standard InChI is InChI=1S/C27H33FN6O3/c1-18(2)34-25-21-15-20(22(28)16-23(21)30-31-26(25)32(3)27(34)35)19-7-8-24(29-17-19)37-14-6-11-33-9-4-12-36-13-5-10-33/h7-8,15-18H,4-6,9-14H2,1-3H3. The monoisotopic (exact) mass is 508 g/mol. The Hall–Kier alpha value is -3.37. The summed E-state index contributed by atoms with van der Waals surface area (Å²) in [7, 11) is 1.67. The molecule has 1 saturated heterocycles. The Morgan fingerprint density at radius 1 is 1.14 bits per heavy atom. The number of pyridine rings is 1. The fourth-order valence-corrected chi connectivity index (χ4v) is 4.92. The lowest BCUT2D eigenvalue weighted by molar-refractivity contribution is 0.0868. The summed E-state index contributed by atoms with van der Waals surface area (Å²) in [6, 6.07) is 6.57. The van der Waals surface area contributed by atoms with Crippen molar-refractivity contribution in [1.29, 1.82) is 0 Å². The minimum atomic E-state index is -0.426. The lowest BCUT2D eigenvalue weighted by atomic mass is 10.0. The maximum absolute atomic E-state index is 15.1. The van der Waals surface area contributed by atoms with Gasteiger partial charge < -0.3 is 14.4 Å². The van der Waals surface area contributed by atoms with Crippen molar-refractivity contribution in [2.45, 2.75) is 39.2 Å². The van der Waals surface area contributed by atoms with Gasteiger partial charge in [0, 0.05) is 80.8 Å². The molecule has 0 amide bonds. The number of ether oxygens (including phenoxy) is 2. The average molecular weight is 509 g/mol. The largest absolute Gasteiger partial charge is 0.478 e. The van der Waals surface area contributed by atoms with Crippen molar-refractivity contribution in [3.63, 3.8) is 0 Å². The summed E-state index contributed by atoms with van der Waals surface area (Å²) < 4.78 is 29.6. The Morgan fingerprint density at radius 3 is 2.62 bits per heavy atom. The Labute approximate surface area is 214 Å². The Bertz CT molecular complexity index is 1440. The summed E-state index contributed by atoms with van der Waals surface area (Å²) in [4.78, 5) is 19.7. The molecule has 1 aromatic carbocycles. The zero-order chi connectivity index (χ0) is 25.9. The normalized spacial score (nSPS) is 15.4. The highest BCUT2D eigenvalue weighted by atomic mass is 19.1. The van der Waals surface area contributed by atoms with E-state index in [1.54, 1.807) is 36.0 Å². The molecule has 0 saturated carbocycles. The minimum absolute atomic E-state index is 0.0897. The van der Waals surface area contributed by atoms with E-state index in [0.29, 0.717) is 45.7 Å². The molecule has 0 N–H and O–H groups in total. The zero-order valence-corrected chi connectivity index (χ0v) is 21.6. The van der Waals surface area contributed by atoms with Crippen LogP contribution >= 0.6 is 0 Å². The number of rotatable bonds is 7. The summed E-state index contributed by atoms with van der Waals surface area (Å²) in [6.07, 6.45) is 4.65. The smallest absolute Gasteiger partial charge is 0.330 e. The lowest BCUT2D eigenvalue weighted by Gasteiger charge is -2.24. The van der Waals surface area contributed by atoms with Gasteiger partial charge in [0.15, 0.2) is 5.65 Å². The van der Waals surface area contributed by atoms with Crippen LogP contribution in [0.5, 0.6) is 5.88 Å². The van der Waals surface area contributed by atoms with Gasteiger partial charge in [0.1, 0.15) is 11.3 Å². The molecular weight excluding hydrogens is 475 g/mol. The first-order valence-corrected chi connectivity index (χ1v) is 12.9. The van der Waals surface area contributed by atoms with Gasteiger partial charge in [0.05, 0.1) is 12.1 Å². The van der Waals surface area contributed by atoms with Crippen LogP contribution in [0.3, 0.4) is 0 Å². The van der Waals surface area contributed by atoms with Crippen LogP contribution in [0.1, 0.15) is 39.2 Å². The molecule has 0 radical (unpaired) electrons. The molecule has 0 spiro atoms. The maximum Gasteiger partial charge on any atom is 0.330 e. The topological polar surface area (TPSA) is 87.3 Å². The van der Waals surface area contributed by atoms with Crippen molar-refractivity contribution in [3.8, 4) is 17.0 Å². The highest BCUT2D eigenvalue weighted by Crippen LogP contribution is 2.31. The predicted molar refractivity (Wildman–Crippen MR) is 140 cm³/mol. The molecular formula is C27H33FN6O3. The second-order valence-electron chi connectivity index (χ2n) is 9.78. The first-order valence-electron chi connectivity index (χ1n) is 12.9. The summed E-state index contributed by atoms with van der Waals surface area (Å²) >= 11 is 0. The molecule has 3 aromatic heterocycles. The number of nitrogens with zero attached hydrogens (tertiary/aromatic N) is 6. The molecule has 0 aliphatic carbocycles. The molecule has 1 aliphatic heterocycles. The third-order valence-corrected chi connectivity index (χ3v) is 6.81. The second-order valence-corrected chi connectivity index (χ2v) is 9.78. The summed E-state index contributed by atoms with van der Waals surface area (Å²) in [5.41, 5.74) is 2.33. The van der Waals surface area contributed by atoms with Gasteiger partial charge in [-0.1, -0.05) is 0 Å². The van der Waals surface area contributed by atoms with Crippen LogP contribution < -0.4 is 10.4 Å². The van der Waals surface area contributed by atoms with E-state index in [9.17, 15) is 4.79 Å². The van der Waals surface area contributed by atoms with E-state index in [2.05, 4.69) is 20.1 Å². The molecule has 5 rings (SSSR count). The van der Waals surface area contributed by atoms with Crippen LogP contribution in [0.4, 0.5) is 4.39 Å². The van der Waals surface area contributed by atoms with Gasteiger partial charge >= 0.3 is 5.69 Å². The first-order chi connectivity index (χ1) is 17.9. The highest BCUT2D eigenvalue weighted by molar-refractivity contribution is 6.02. The van der Waals surface area contributed by atoms with E-state index < -0.39 is 5.82 Å². The van der Waals surface area contributed by atoms with Crippen LogP contribution in [-0.2, 0) is 11.8 Å². The second kappa shape index (κ2) is 10.9. The summed E-state index contributed by atoms with van der Waals surface area (Å²) in [5.74, 6) is 0.0839. The van der Waals surface area contributed by atoms with E-state index >= 15 is 4.39 Å². The minimum Gasteiger partial charge on any atom is -0.478 e. The van der Waals surface area contributed by atoms with Crippen molar-refractivity contribution in [2.24, 2.45) is 7.05 Å². The maximum atomic E-state index is 15.1. The number of halogens is 1. The number of aromatic nitrogens is 5. The van der Waals surface area contributed by atoms with Crippen molar-refractivity contribution < 1.29 is 13.9 Å². The van der Waals surface area contributed by atoms with Crippen LogP contribution in [0.2, 0.25) is 0 Å². The molecule has 4 aromatic rings. The van der Waals surface area contributed by atoms with Gasteiger partial charge in [-0.05, 0) is 45.2 Å². The fourth-order valence-electron chi connectivity index (χ4n) is 4.92. The van der Waals surface area contributed by atoms with Gasteiger partial charge in [-0.3, -0.25) is 9.13 Å². The summed E-state index contributed by atoms with van der Waals surface area (Å²) in [6.45, 7) is 9.20. The molecule has 0 bridgehead atoms. The van der Waals surface area contributed by atoms with E-state index in [4.69, 9.17) is 9.47 Å². The van der Waals surface area contributed by atoms with Crippen LogP contribution in [0.25, 0.3) is 33.2 Å². The van der Waals surface area contributed by atoms with Crippen LogP contribution in [-0.4, -0.2) is 68.7 Å². The van der Waals surface area contributed by atoms with Crippen molar-refractivity contribution >= 4 is 22.1 Å². The van der Waals surface area contributed by atoms with Gasteiger partial charge in [-0.2, -0.15) is 0 Å². The van der Waals surface area contributed by atoms with Gasteiger partial charge in [0.2, 0.25) is 5.88 Å². The quantitative estimate of drug-likeness (QED) is 0.350. The van der Waals surface area contributed by atoms with Crippen molar-refractivity contribution in [1.82, 2.24) is 29.2 Å². The lowest BCUT2D eigenvalue weighted by Crippen LogP contribution is -2.31. The van der Waals surface area contributed by atoms with E-state index in [0.717, 1.165) is 52.1 Å². The third kappa shape index (κ3) is 5.21. The molecule has 0 unspecified atom stereocenters. The highest BCUT2D eigenvalue weighted by Gasteiger charge is 2.20. The van der Waals surface area contributed by atoms with E-state index in [-0.39, 0.29) is 11.7 Å². The number of aryl methyl sites for hydroxylation is 1. The molecule has 196 valence electrons. The fraction of sp³-hybridized carbons (Fsp3) is 0.481. The van der Waals surface area contributed by atoms with Gasteiger partial charge in [-0.25, -0.2) is 14.2 Å². The molecule has 0 atom stereocenters. The van der Waals surface area contributed by atoms with Crippen molar-refractivity contribution in [3.05, 3.63) is 46.8 Å². The molecule has 9 nitrogen and oxygen atoms in total. The number of hydrogen-bond acceptors (Lipinski definition) is 7. The van der Waals surface area contributed by atoms with Gasteiger partial charge in [-0.15, -0.1) is 10.2 Å². The zero-order valence-electron chi connectivity index (χ0n) is 21.6. The SMILES string of the molecule is CC(C)n1c(=O)n(C)c2nnc3cc(F)c(-c4ccc(OCCCN5CCCOCCC5)nc4)cc3c21. The average Bonchev–Trinajstić information content (AvgIpc) is 3.13. The molecule has 37 heavy (non-hydrogen) atoms. The van der Waals surface area contributed by atoms with Crippen LogP contribution in [0.15, 0.2) is 35.3 Å². The summed E-state index contributed by atoms with van der Waals surface area (Å²) in [5, 5.41) is 9.03. The van der Waals surface area contributed by atoms with E-state index in [1.807, 2.05) is 13.8 Å². The molecule has 1 fully saturated rings. The van der Waals surface area contributed by atoms with Crippen LogP contribution in [0, 0.1) is 5.82 Å². The number of hydrogen-bond donors (Lipinski definition) is 0. The van der Waals surface area contributed by atoms with E-state index in [1.165, 1.54) is 10.6 Å². The molecule has 4 heterocycles. The Balaban J connectivity index is 1.34. The number of benzene rings is 1. The predicted octanol–water partition coefficient (Wildman–Crippen LogP) is 3.95. The number of fused-ring (bicyclic) bond motifs is 3.